The molecule has 0 N–H and O–H groups in total. The van der Waals surface area contributed by atoms with Gasteiger partial charge in [0, 0.05) is 44.5 Å². The number of nitrogens with zero attached hydrogens (tertiary/aromatic N) is 4. The lowest BCUT2D eigenvalue weighted by molar-refractivity contribution is -0.137. The summed E-state index contributed by atoms with van der Waals surface area (Å²) in [6.07, 6.45) is 7.91. The number of carbonyl (C=O) groups excluding carboxylic acids is 1. The molecule has 1 aliphatic carbocycles. The SMILES string of the molecule is O=C(CN1CCN(c2ccccn2)CC1)N(C1CCCCC1)[C@@H]1CCS(=O)(=O)C1. The maximum atomic E-state index is 13.3. The zero-order chi connectivity index (χ0) is 20.3. The van der Waals surface area contributed by atoms with Crippen LogP contribution in [0.5, 0.6) is 0 Å². The second kappa shape index (κ2) is 9.00. The lowest BCUT2D eigenvalue weighted by atomic mass is 9.92. The minimum absolute atomic E-state index is 0.116. The molecular weight excluding hydrogens is 388 g/mol. The summed E-state index contributed by atoms with van der Waals surface area (Å²) in [5.41, 5.74) is 0. The van der Waals surface area contributed by atoms with Gasteiger partial charge in [0.05, 0.1) is 18.1 Å². The normalized spacial score (nSPS) is 25.8. The van der Waals surface area contributed by atoms with Gasteiger partial charge in [-0.05, 0) is 31.4 Å². The third-order valence-corrected chi connectivity index (χ3v) is 8.31. The summed E-state index contributed by atoms with van der Waals surface area (Å²) in [6.45, 7) is 3.74. The number of anilines is 1. The van der Waals surface area contributed by atoms with Gasteiger partial charge in [-0.15, -0.1) is 0 Å². The molecular formula is C21H32N4O3S. The second-order valence-corrected chi connectivity index (χ2v) is 10.8. The van der Waals surface area contributed by atoms with Gasteiger partial charge in [-0.25, -0.2) is 13.4 Å². The van der Waals surface area contributed by atoms with Crippen LogP contribution in [0.1, 0.15) is 38.5 Å². The maximum absolute atomic E-state index is 13.3. The van der Waals surface area contributed by atoms with Crippen LogP contribution in [0.15, 0.2) is 24.4 Å². The van der Waals surface area contributed by atoms with Crippen molar-refractivity contribution in [1.82, 2.24) is 14.8 Å². The van der Waals surface area contributed by atoms with Crippen molar-refractivity contribution < 1.29 is 13.2 Å². The maximum Gasteiger partial charge on any atom is 0.237 e. The summed E-state index contributed by atoms with van der Waals surface area (Å²) >= 11 is 0. The van der Waals surface area contributed by atoms with Crippen molar-refractivity contribution in [2.45, 2.75) is 50.6 Å². The van der Waals surface area contributed by atoms with E-state index in [1.807, 2.05) is 29.3 Å². The third kappa shape index (κ3) is 5.09. The lowest BCUT2D eigenvalue weighted by Crippen LogP contribution is -2.54. The smallest absolute Gasteiger partial charge is 0.237 e. The Bertz CT molecular complexity index is 787. The number of pyridine rings is 1. The van der Waals surface area contributed by atoms with Crippen molar-refractivity contribution in [2.75, 3.05) is 49.1 Å². The quantitative estimate of drug-likeness (QED) is 0.720. The zero-order valence-electron chi connectivity index (χ0n) is 17.1. The monoisotopic (exact) mass is 420 g/mol. The Morgan fingerprint density at radius 1 is 1.03 bits per heavy atom. The fourth-order valence-electron chi connectivity index (χ4n) is 5.01. The molecule has 160 valence electrons. The molecule has 29 heavy (non-hydrogen) atoms. The number of amides is 1. The van der Waals surface area contributed by atoms with E-state index in [0.717, 1.165) is 57.7 Å². The van der Waals surface area contributed by atoms with Crippen LogP contribution in [-0.4, -0.2) is 85.4 Å². The number of hydrogen-bond acceptors (Lipinski definition) is 6. The Hall–Kier alpha value is -1.67. The first kappa shape index (κ1) is 20.6. The predicted octanol–water partition coefficient (Wildman–Crippen LogP) is 1.55. The summed E-state index contributed by atoms with van der Waals surface area (Å²) in [6, 6.07) is 6.01. The second-order valence-electron chi connectivity index (χ2n) is 8.60. The molecule has 3 aliphatic rings. The van der Waals surface area contributed by atoms with Crippen molar-refractivity contribution in [3.63, 3.8) is 0 Å². The highest BCUT2D eigenvalue weighted by Gasteiger charge is 2.39. The van der Waals surface area contributed by atoms with Crippen molar-refractivity contribution in [2.24, 2.45) is 0 Å². The Labute approximate surface area is 174 Å². The van der Waals surface area contributed by atoms with Crippen molar-refractivity contribution in [3.05, 3.63) is 24.4 Å². The molecule has 7 nitrogen and oxygen atoms in total. The average Bonchev–Trinajstić information content (AvgIpc) is 3.09. The number of aromatic nitrogens is 1. The molecule has 0 radical (unpaired) electrons. The van der Waals surface area contributed by atoms with Crippen LogP contribution in [0.2, 0.25) is 0 Å². The van der Waals surface area contributed by atoms with Crippen LogP contribution in [0.4, 0.5) is 5.82 Å². The zero-order valence-corrected chi connectivity index (χ0v) is 17.9. The number of piperazine rings is 1. The Balaban J connectivity index is 1.38. The largest absolute Gasteiger partial charge is 0.354 e. The molecule has 1 saturated carbocycles. The van der Waals surface area contributed by atoms with E-state index in [-0.39, 0.29) is 29.5 Å². The molecule has 1 aromatic rings. The molecule has 0 bridgehead atoms. The lowest BCUT2D eigenvalue weighted by Gasteiger charge is -2.41. The molecule has 2 aliphatic heterocycles. The number of rotatable bonds is 5. The number of carbonyl (C=O) groups is 1. The van der Waals surface area contributed by atoms with E-state index in [1.165, 1.54) is 6.42 Å². The number of sulfone groups is 1. The highest BCUT2D eigenvalue weighted by molar-refractivity contribution is 7.91. The summed E-state index contributed by atoms with van der Waals surface area (Å²) < 4.78 is 24.1. The standard InChI is InChI=1S/C21H32N4O3S/c26-21(16-23-11-13-24(14-12-23)20-8-4-5-10-22-20)25(18-6-2-1-3-7-18)19-9-15-29(27,28)17-19/h4-5,8,10,18-19H,1-3,6-7,9,11-17H2/t19-/m1/s1. The average molecular weight is 421 g/mol. The van der Waals surface area contributed by atoms with Crippen molar-refractivity contribution in [1.29, 1.82) is 0 Å². The van der Waals surface area contributed by atoms with E-state index in [2.05, 4.69) is 14.8 Å². The molecule has 3 heterocycles. The highest BCUT2D eigenvalue weighted by atomic mass is 32.2. The topological polar surface area (TPSA) is 73.8 Å². The van der Waals surface area contributed by atoms with Gasteiger partial charge in [0.15, 0.2) is 9.84 Å². The predicted molar refractivity (Wildman–Crippen MR) is 114 cm³/mol. The molecule has 1 atom stereocenters. The summed E-state index contributed by atoms with van der Waals surface area (Å²) in [4.78, 5) is 24.2. The van der Waals surface area contributed by atoms with Gasteiger partial charge in [-0.3, -0.25) is 9.69 Å². The number of hydrogen-bond donors (Lipinski definition) is 0. The van der Waals surface area contributed by atoms with E-state index in [1.54, 1.807) is 0 Å². The van der Waals surface area contributed by atoms with Gasteiger partial charge >= 0.3 is 0 Å². The van der Waals surface area contributed by atoms with Gasteiger partial charge < -0.3 is 9.80 Å². The summed E-state index contributed by atoms with van der Waals surface area (Å²) in [7, 11) is -3.00. The van der Waals surface area contributed by atoms with Crippen molar-refractivity contribution >= 4 is 21.6 Å². The van der Waals surface area contributed by atoms with Crippen LogP contribution >= 0.6 is 0 Å². The van der Waals surface area contributed by atoms with Crippen molar-refractivity contribution in [3.8, 4) is 0 Å². The van der Waals surface area contributed by atoms with E-state index in [0.29, 0.717) is 13.0 Å². The molecule has 4 rings (SSSR count). The van der Waals surface area contributed by atoms with E-state index >= 15 is 0 Å². The Kier molecular flexibility index (Phi) is 6.39. The molecule has 0 aromatic carbocycles. The van der Waals surface area contributed by atoms with Crippen LogP contribution < -0.4 is 4.90 Å². The molecule has 0 spiro atoms. The van der Waals surface area contributed by atoms with E-state index in [4.69, 9.17) is 0 Å². The van der Waals surface area contributed by atoms with E-state index < -0.39 is 9.84 Å². The van der Waals surface area contributed by atoms with Crippen LogP contribution in [0.25, 0.3) is 0 Å². The molecule has 3 fully saturated rings. The first-order valence-corrected chi connectivity index (χ1v) is 12.7. The molecule has 2 saturated heterocycles. The first-order chi connectivity index (χ1) is 14.0. The molecule has 1 amide bonds. The third-order valence-electron chi connectivity index (χ3n) is 6.56. The molecule has 0 unspecified atom stereocenters. The minimum atomic E-state index is -3.00. The van der Waals surface area contributed by atoms with Gasteiger partial charge in [-0.2, -0.15) is 0 Å². The summed E-state index contributed by atoms with van der Waals surface area (Å²) in [5.74, 6) is 1.46. The minimum Gasteiger partial charge on any atom is -0.354 e. The van der Waals surface area contributed by atoms with Crippen LogP contribution in [0.3, 0.4) is 0 Å². The highest BCUT2D eigenvalue weighted by Crippen LogP contribution is 2.28. The van der Waals surface area contributed by atoms with Gasteiger partial charge in [-0.1, -0.05) is 25.3 Å². The van der Waals surface area contributed by atoms with Gasteiger partial charge in [0.2, 0.25) is 5.91 Å². The van der Waals surface area contributed by atoms with Gasteiger partial charge in [0.25, 0.3) is 0 Å². The Morgan fingerprint density at radius 2 is 1.79 bits per heavy atom. The molecule has 1 aromatic heterocycles. The summed E-state index contributed by atoms with van der Waals surface area (Å²) in [5, 5.41) is 0. The van der Waals surface area contributed by atoms with Crippen LogP contribution in [-0.2, 0) is 14.6 Å². The fourth-order valence-corrected chi connectivity index (χ4v) is 6.72. The fraction of sp³-hybridized carbons (Fsp3) is 0.714. The first-order valence-electron chi connectivity index (χ1n) is 10.9. The van der Waals surface area contributed by atoms with Gasteiger partial charge in [0.1, 0.15) is 5.82 Å². The van der Waals surface area contributed by atoms with E-state index in [9.17, 15) is 13.2 Å². The Morgan fingerprint density at radius 3 is 2.41 bits per heavy atom. The molecule has 8 heteroatoms. The van der Waals surface area contributed by atoms with Crippen LogP contribution in [0, 0.1) is 0 Å².